The van der Waals surface area contributed by atoms with Crippen LogP contribution in [-0.4, -0.2) is 57.8 Å². The number of nitrogens with one attached hydrogen (secondary N) is 2. The van der Waals surface area contributed by atoms with Crippen molar-refractivity contribution in [2.45, 2.75) is 44.2 Å². The molecular weight excluding hydrogens is 402 g/mol. The quantitative estimate of drug-likeness (QED) is 0.659. The molecule has 3 heterocycles. The molecule has 1 saturated heterocycles. The number of aromatic nitrogens is 2. The van der Waals surface area contributed by atoms with Gasteiger partial charge in [0, 0.05) is 38.1 Å². The zero-order chi connectivity index (χ0) is 20.9. The second kappa shape index (κ2) is 9.53. The Hall–Kier alpha value is -2.52. The molecule has 2 N–H and O–H groups in total. The number of carbonyl (C=O) groups is 2. The van der Waals surface area contributed by atoms with Gasteiger partial charge in [0.05, 0.1) is 31.3 Å². The average molecular weight is 430 g/mol. The van der Waals surface area contributed by atoms with Gasteiger partial charge in [0.2, 0.25) is 11.8 Å². The molecule has 2 aliphatic heterocycles. The van der Waals surface area contributed by atoms with Crippen LogP contribution in [0.3, 0.4) is 0 Å². The number of thioether (sulfide) groups is 1. The van der Waals surface area contributed by atoms with E-state index >= 15 is 0 Å². The fourth-order valence-electron chi connectivity index (χ4n) is 3.75. The standard InChI is InChI=1S/C21H27N5O3S/c1-2-29-17-5-3-15(4-6-17)13-25-8-7-22-20(28)18(25)11-19(27)23-12-16-14-26-9-10-30-21(26)24-16/h3-6,14,18H,2,7-13H2,1H3,(H,22,28)(H,23,27). The number of ether oxygens (including phenoxy) is 1. The molecule has 1 aromatic carbocycles. The van der Waals surface area contributed by atoms with Crippen molar-refractivity contribution in [2.75, 3.05) is 25.4 Å². The second-order valence-electron chi connectivity index (χ2n) is 7.39. The summed E-state index contributed by atoms with van der Waals surface area (Å²) >= 11 is 1.73. The van der Waals surface area contributed by atoms with E-state index in [0.29, 0.717) is 32.8 Å². The zero-order valence-corrected chi connectivity index (χ0v) is 17.9. The molecule has 2 aromatic rings. The summed E-state index contributed by atoms with van der Waals surface area (Å²) in [4.78, 5) is 31.6. The minimum Gasteiger partial charge on any atom is -0.494 e. The molecule has 1 atom stereocenters. The van der Waals surface area contributed by atoms with Gasteiger partial charge in [0.25, 0.3) is 0 Å². The predicted octanol–water partition coefficient (Wildman–Crippen LogP) is 1.39. The molecule has 1 fully saturated rings. The predicted molar refractivity (Wildman–Crippen MR) is 114 cm³/mol. The summed E-state index contributed by atoms with van der Waals surface area (Å²) < 4.78 is 7.60. The van der Waals surface area contributed by atoms with Crippen LogP contribution in [0, 0.1) is 0 Å². The Morgan fingerprint density at radius 3 is 2.93 bits per heavy atom. The third-order valence-electron chi connectivity index (χ3n) is 5.26. The number of imidazole rings is 1. The average Bonchev–Trinajstić information content (AvgIpc) is 3.33. The van der Waals surface area contributed by atoms with E-state index < -0.39 is 6.04 Å². The minimum atomic E-state index is -0.479. The molecule has 30 heavy (non-hydrogen) atoms. The van der Waals surface area contributed by atoms with E-state index in [1.807, 2.05) is 37.4 Å². The van der Waals surface area contributed by atoms with Gasteiger partial charge < -0.3 is 19.9 Å². The topological polar surface area (TPSA) is 88.5 Å². The molecule has 2 amide bonds. The number of nitrogens with zero attached hydrogens (tertiary/aromatic N) is 3. The molecule has 8 nitrogen and oxygen atoms in total. The van der Waals surface area contributed by atoms with Crippen LogP contribution in [0.15, 0.2) is 35.6 Å². The Balaban J connectivity index is 1.33. The van der Waals surface area contributed by atoms with Crippen LogP contribution < -0.4 is 15.4 Å². The van der Waals surface area contributed by atoms with E-state index in [1.54, 1.807) is 11.8 Å². The van der Waals surface area contributed by atoms with Crippen LogP contribution in [-0.2, 0) is 29.2 Å². The molecule has 0 radical (unpaired) electrons. The molecule has 0 aliphatic carbocycles. The summed E-state index contributed by atoms with van der Waals surface area (Å²) in [6.45, 7) is 5.84. The number of piperazine rings is 1. The van der Waals surface area contributed by atoms with Gasteiger partial charge in [-0.3, -0.25) is 14.5 Å². The van der Waals surface area contributed by atoms with Crippen molar-refractivity contribution in [3.63, 3.8) is 0 Å². The van der Waals surface area contributed by atoms with Gasteiger partial charge in [-0.05, 0) is 24.6 Å². The van der Waals surface area contributed by atoms with Gasteiger partial charge in [0.1, 0.15) is 5.75 Å². The number of fused-ring (bicyclic) bond motifs is 1. The Morgan fingerprint density at radius 1 is 1.33 bits per heavy atom. The second-order valence-corrected chi connectivity index (χ2v) is 8.45. The van der Waals surface area contributed by atoms with Crippen molar-refractivity contribution in [1.82, 2.24) is 25.1 Å². The molecule has 9 heteroatoms. The molecule has 0 bridgehead atoms. The smallest absolute Gasteiger partial charge is 0.237 e. The van der Waals surface area contributed by atoms with Gasteiger partial charge in [-0.25, -0.2) is 4.98 Å². The lowest BCUT2D eigenvalue weighted by Gasteiger charge is -2.34. The van der Waals surface area contributed by atoms with E-state index in [2.05, 4.69) is 25.1 Å². The molecule has 160 valence electrons. The van der Waals surface area contributed by atoms with Crippen molar-refractivity contribution < 1.29 is 14.3 Å². The van der Waals surface area contributed by atoms with E-state index in [0.717, 1.165) is 34.5 Å². The zero-order valence-electron chi connectivity index (χ0n) is 17.1. The summed E-state index contributed by atoms with van der Waals surface area (Å²) in [6.07, 6.45) is 2.12. The highest BCUT2D eigenvalue weighted by atomic mass is 32.2. The highest BCUT2D eigenvalue weighted by Crippen LogP contribution is 2.24. The maximum atomic E-state index is 12.5. The Bertz CT molecular complexity index is 877. The lowest BCUT2D eigenvalue weighted by atomic mass is 10.1. The van der Waals surface area contributed by atoms with Crippen LogP contribution in [0.1, 0.15) is 24.6 Å². The molecule has 1 aromatic heterocycles. The Kier molecular flexibility index (Phi) is 6.59. The van der Waals surface area contributed by atoms with Gasteiger partial charge in [0.15, 0.2) is 5.16 Å². The van der Waals surface area contributed by atoms with E-state index in [4.69, 9.17) is 4.74 Å². The van der Waals surface area contributed by atoms with Crippen LogP contribution in [0.2, 0.25) is 0 Å². The highest BCUT2D eigenvalue weighted by molar-refractivity contribution is 7.99. The lowest BCUT2D eigenvalue weighted by molar-refractivity contribution is -0.134. The first-order valence-corrected chi connectivity index (χ1v) is 11.3. The number of benzene rings is 1. The maximum Gasteiger partial charge on any atom is 0.237 e. The summed E-state index contributed by atoms with van der Waals surface area (Å²) in [6, 6.07) is 7.40. The van der Waals surface area contributed by atoms with Gasteiger partial charge >= 0.3 is 0 Å². The first kappa shape index (κ1) is 20.7. The minimum absolute atomic E-state index is 0.0975. The van der Waals surface area contributed by atoms with Gasteiger partial charge in [-0.1, -0.05) is 23.9 Å². The third kappa shape index (κ3) is 4.96. The summed E-state index contributed by atoms with van der Waals surface area (Å²) in [5, 5.41) is 6.80. The van der Waals surface area contributed by atoms with Crippen LogP contribution in [0.25, 0.3) is 0 Å². The number of rotatable bonds is 8. The Labute approximate surface area is 180 Å². The van der Waals surface area contributed by atoms with E-state index in [9.17, 15) is 9.59 Å². The first-order chi connectivity index (χ1) is 14.6. The van der Waals surface area contributed by atoms with Crippen molar-refractivity contribution >= 4 is 23.6 Å². The molecule has 2 aliphatic rings. The van der Waals surface area contributed by atoms with E-state index in [1.165, 1.54) is 0 Å². The molecule has 4 rings (SSSR count). The maximum absolute atomic E-state index is 12.5. The highest BCUT2D eigenvalue weighted by Gasteiger charge is 2.31. The van der Waals surface area contributed by atoms with Crippen LogP contribution in [0.4, 0.5) is 0 Å². The number of amides is 2. The lowest BCUT2D eigenvalue weighted by Crippen LogP contribution is -2.56. The largest absolute Gasteiger partial charge is 0.494 e. The normalized spacial score (nSPS) is 18.7. The molecular formula is C21H27N5O3S. The fraction of sp³-hybridized carbons (Fsp3) is 0.476. The summed E-state index contributed by atoms with van der Waals surface area (Å²) in [5.41, 5.74) is 1.94. The van der Waals surface area contributed by atoms with Crippen molar-refractivity contribution in [1.29, 1.82) is 0 Å². The SMILES string of the molecule is CCOc1ccc(CN2CCNC(=O)C2CC(=O)NCc2cn3c(n2)SCC3)cc1. The monoisotopic (exact) mass is 429 g/mol. The molecule has 0 spiro atoms. The van der Waals surface area contributed by atoms with Crippen molar-refractivity contribution in [3.05, 3.63) is 41.7 Å². The summed E-state index contributed by atoms with van der Waals surface area (Å²) in [5.74, 6) is 1.64. The Morgan fingerprint density at radius 2 is 2.17 bits per heavy atom. The van der Waals surface area contributed by atoms with Gasteiger partial charge in [-0.2, -0.15) is 0 Å². The molecule has 1 unspecified atom stereocenters. The van der Waals surface area contributed by atoms with Crippen LogP contribution in [0.5, 0.6) is 5.75 Å². The fourth-order valence-corrected chi connectivity index (χ4v) is 4.71. The first-order valence-electron chi connectivity index (χ1n) is 10.3. The number of hydrogen-bond donors (Lipinski definition) is 2. The van der Waals surface area contributed by atoms with Crippen LogP contribution >= 0.6 is 11.8 Å². The van der Waals surface area contributed by atoms with Crippen molar-refractivity contribution in [2.24, 2.45) is 0 Å². The molecule has 0 saturated carbocycles. The van der Waals surface area contributed by atoms with Gasteiger partial charge in [-0.15, -0.1) is 0 Å². The number of aryl methyl sites for hydroxylation is 1. The van der Waals surface area contributed by atoms with E-state index in [-0.39, 0.29) is 18.2 Å². The number of hydrogen-bond acceptors (Lipinski definition) is 6. The third-order valence-corrected chi connectivity index (χ3v) is 6.23. The van der Waals surface area contributed by atoms with Crippen molar-refractivity contribution in [3.8, 4) is 5.75 Å². The summed E-state index contributed by atoms with van der Waals surface area (Å²) in [7, 11) is 0. The number of carbonyl (C=O) groups excluding carboxylic acids is 2.